The number of ether oxygens (including phenoxy) is 1. The van der Waals surface area contributed by atoms with Crippen molar-refractivity contribution in [2.75, 3.05) is 38.5 Å². The van der Waals surface area contributed by atoms with Gasteiger partial charge >= 0.3 is 5.97 Å². The summed E-state index contributed by atoms with van der Waals surface area (Å²) in [6.07, 6.45) is 1.17. The van der Waals surface area contributed by atoms with Crippen LogP contribution in [0.15, 0.2) is 0 Å². The van der Waals surface area contributed by atoms with Gasteiger partial charge in [-0.25, -0.2) is 0 Å². The van der Waals surface area contributed by atoms with Crippen molar-refractivity contribution in [3.63, 3.8) is 0 Å². The number of esters is 1. The van der Waals surface area contributed by atoms with Crippen molar-refractivity contribution in [1.29, 1.82) is 0 Å². The molecule has 0 rings (SSSR count). The Kier molecular flexibility index (Phi) is 8.20. The van der Waals surface area contributed by atoms with Crippen molar-refractivity contribution in [3.05, 3.63) is 0 Å². The highest BCUT2D eigenvalue weighted by molar-refractivity contribution is 7.85. The number of carbonyl (C=O) groups is 1. The molecule has 0 aliphatic heterocycles. The fourth-order valence-corrected chi connectivity index (χ4v) is 2.65. The van der Waals surface area contributed by atoms with Crippen LogP contribution in [0.1, 0.15) is 33.6 Å². The zero-order valence-corrected chi connectivity index (χ0v) is 12.9. The topological polar surface area (TPSA) is 80.7 Å². The van der Waals surface area contributed by atoms with Crippen molar-refractivity contribution < 1.29 is 27.0 Å². The van der Waals surface area contributed by atoms with Gasteiger partial charge in [-0.3, -0.25) is 9.35 Å². The molecule has 0 heterocycles. The second-order valence-electron chi connectivity index (χ2n) is 4.75. The first-order chi connectivity index (χ1) is 8.74. The van der Waals surface area contributed by atoms with Crippen LogP contribution in [-0.2, 0) is 19.6 Å². The molecule has 0 fully saturated rings. The number of unbranched alkanes of at least 4 members (excludes halogenated alkanes) is 1. The molecule has 0 aromatic heterocycles. The predicted molar refractivity (Wildman–Crippen MR) is 73.4 cm³/mol. The molecule has 114 valence electrons. The summed E-state index contributed by atoms with van der Waals surface area (Å²) in [5, 5.41) is 0. The van der Waals surface area contributed by atoms with Crippen LogP contribution < -0.4 is 0 Å². The standard InChI is InChI=1S/C12H25NO5S/c1-4-13(5-2,9-10-18-12(3)14)8-6-7-11-19(15,16)17/h4-11H2,1-3H3/p+1. The van der Waals surface area contributed by atoms with Crippen LogP contribution in [0, 0.1) is 0 Å². The van der Waals surface area contributed by atoms with Gasteiger partial charge in [0.05, 0.1) is 25.4 Å². The average Bonchev–Trinajstić information content (AvgIpc) is 2.31. The van der Waals surface area contributed by atoms with E-state index in [1.54, 1.807) is 0 Å². The van der Waals surface area contributed by atoms with Crippen molar-refractivity contribution in [2.24, 2.45) is 0 Å². The molecule has 0 saturated carbocycles. The molecule has 0 spiro atoms. The van der Waals surface area contributed by atoms with Crippen molar-refractivity contribution >= 4 is 16.1 Å². The van der Waals surface area contributed by atoms with E-state index in [9.17, 15) is 13.2 Å². The molecule has 0 atom stereocenters. The number of hydrogen-bond acceptors (Lipinski definition) is 4. The molecule has 0 saturated heterocycles. The first-order valence-corrected chi connectivity index (χ1v) is 8.29. The fourth-order valence-electron chi connectivity index (χ4n) is 2.08. The van der Waals surface area contributed by atoms with Crippen LogP contribution in [0.25, 0.3) is 0 Å². The third kappa shape index (κ3) is 8.96. The first-order valence-electron chi connectivity index (χ1n) is 6.68. The van der Waals surface area contributed by atoms with E-state index in [0.717, 1.165) is 37.1 Å². The van der Waals surface area contributed by atoms with Crippen LogP contribution in [0.2, 0.25) is 0 Å². The molecule has 0 aliphatic carbocycles. The van der Waals surface area contributed by atoms with E-state index in [1.807, 2.05) is 0 Å². The lowest BCUT2D eigenvalue weighted by Gasteiger charge is -2.36. The maximum Gasteiger partial charge on any atom is 0.302 e. The highest BCUT2D eigenvalue weighted by atomic mass is 32.2. The van der Waals surface area contributed by atoms with Gasteiger partial charge in [-0.15, -0.1) is 0 Å². The minimum absolute atomic E-state index is 0.190. The van der Waals surface area contributed by atoms with E-state index >= 15 is 0 Å². The number of carbonyl (C=O) groups excluding carboxylic acids is 1. The van der Waals surface area contributed by atoms with Gasteiger partial charge in [0.1, 0.15) is 13.2 Å². The largest absolute Gasteiger partial charge is 0.460 e. The Balaban J connectivity index is 4.18. The molecular formula is C12H26NO5S+. The number of quaternary nitrogens is 1. The van der Waals surface area contributed by atoms with Gasteiger partial charge in [-0.1, -0.05) is 0 Å². The van der Waals surface area contributed by atoms with Crippen molar-refractivity contribution in [3.8, 4) is 0 Å². The highest BCUT2D eigenvalue weighted by Crippen LogP contribution is 2.10. The van der Waals surface area contributed by atoms with Gasteiger partial charge in [-0.2, -0.15) is 8.42 Å². The van der Waals surface area contributed by atoms with Crippen LogP contribution in [-0.4, -0.2) is 62.0 Å². The van der Waals surface area contributed by atoms with E-state index in [1.165, 1.54) is 6.92 Å². The van der Waals surface area contributed by atoms with E-state index in [-0.39, 0.29) is 11.7 Å². The van der Waals surface area contributed by atoms with Gasteiger partial charge < -0.3 is 9.22 Å². The van der Waals surface area contributed by atoms with Crippen molar-refractivity contribution in [1.82, 2.24) is 0 Å². The van der Waals surface area contributed by atoms with Crippen LogP contribution in [0.5, 0.6) is 0 Å². The molecule has 6 nitrogen and oxygen atoms in total. The summed E-state index contributed by atoms with van der Waals surface area (Å²) in [4.78, 5) is 10.8. The Morgan fingerprint density at radius 1 is 1.16 bits per heavy atom. The Morgan fingerprint density at radius 3 is 2.16 bits per heavy atom. The molecule has 0 aromatic rings. The first kappa shape index (κ1) is 18.3. The normalized spacial score (nSPS) is 12.4. The monoisotopic (exact) mass is 296 g/mol. The van der Waals surface area contributed by atoms with E-state index in [2.05, 4.69) is 13.8 Å². The molecule has 0 radical (unpaired) electrons. The molecular weight excluding hydrogens is 270 g/mol. The van der Waals surface area contributed by atoms with Gasteiger partial charge in [-0.05, 0) is 26.7 Å². The average molecular weight is 296 g/mol. The highest BCUT2D eigenvalue weighted by Gasteiger charge is 2.23. The summed E-state index contributed by atoms with van der Waals surface area (Å²) in [7, 11) is -3.86. The predicted octanol–water partition coefficient (Wildman–Crippen LogP) is 1.07. The lowest BCUT2D eigenvalue weighted by atomic mass is 10.2. The zero-order valence-electron chi connectivity index (χ0n) is 12.1. The van der Waals surface area contributed by atoms with Crippen LogP contribution >= 0.6 is 0 Å². The SMILES string of the molecule is CC[N+](CC)(CCCCS(=O)(=O)O)CCOC(C)=O. The second-order valence-corrected chi connectivity index (χ2v) is 6.33. The molecule has 0 aromatic carbocycles. The Morgan fingerprint density at radius 2 is 1.74 bits per heavy atom. The van der Waals surface area contributed by atoms with E-state index in [4.69, 9.17) is 9.29 Å². The summed E-state index contributed by atoms with van der Waals surface area (Å²) in [5.41, 5.74) is 0. The smallest absolute Gasteiger partial charge is 0.302 e. The van der Waals surface area contributed by atoms with Gasteiger partial charge in [0.25, 0.3) is 10.1 Å². The third-order valence-corrected chi connectivity index (χ3v) is 4.30. The number of nitrogens with zero attached hydrogens (tertiary/aromatic N) is 1. The molecule has 1 N–H and O–H groups in total. The van der Waals surface area contributed by atoms with E-state index in [0.29, 0.717) is 13.0 Å². The molecule has 0 unspecified atom stereocenters. The quantitative estimate of drug-likeness (QED) is 0.282. The maximum atomic E-state index is 10.8. The summed E-state index contributed by atoms with van der Waals surface area (Å²) >= 11 is 0. The molecule has 0 amide bonds. The molecule has 7 heteroatoms. The lowest BCUT2D eigenvalue weighted by Crippen LogP contribution is -2.50. The van der Waals surface area contributed by atoms with E-state index < -0.39 is 10.1 Å². The molecule has 19 heavy (non-hydrogen) atoms. The summed E-state index contributed by atoms with van der Waals surface area (Å²) in [5.74, 6) is -0.471. The number of likely N-dealkylation sites (N-methyl/N-ethyl adjacent to an activating group) is 1. The Labute approximate surface area is 116 Å². The minimum atomic E-state index is -3.86. The van der Waals surface area contributed by atoms with Gasteiger partial charge in [0.15, 0.2) is 0 Å². The Hall–Kier alpha value is -0.660. The van der Waals surface area contributed by atoms with Crippen LogP contribution in [0.3, 0.4) is 0 Å². The number of rotatable bonds is 10. The van der Waals surface area contributed by atoms with Gasteiger partial charge in [0.2, 0.25) is 0 Å². The third-order valence-electron chi connectivity index (χ3n) is 3.50. The summed E-state index contributed by atoms with van der Waals surface area (Å²) in [6, 6.07) is 0. The maximum absolute atomic E-state index is 10.8. The summed E-state index contributed by atoms with van der Waals surface area (Å²) in [6.45, 7) is 9.28. The lowest BCUT2D eigenvalue weighted by molar-refractivity contribution is -0.925. The zero-order chi connectivity index (χ0) is 14.9. The van der Waals surface area contributed by atoms with Crippen LogP contribution in [0.4, 0.5) is 0 Å². The molecule has 0 bridgehead atoms. The Bertz CT molecular complexity index is 362. The van der Waals surface area contributed by atoms with Gasteiger partial charge in [0, 0.05) is 6.92 Å². The van der Waals surface area contributed by atoms with Crippen molar-refractivity contribution in [2.45, 2.75) is 33.6 Å². The molecule has 0 aliphatic rings. The minimum Gasteiger partial charge on any atom is -0.460 e. The summed E-state index contributed by atoms with van der Waals surface area (Å²) < 4.78 is 35.7. The second kappa shape index (κ2) is 8.50. The fraction of sp³-hybridized carbons (Fsp3) is 0.917. The number of hydrogen-bond donors (Lipinski definition) is 1.